The molecule has 0 atom stereocenters. The summed E-state index contributed by atoms with van der Waals surface area (Å²) < 4.78 is 23.4. The van der Waals surface area contributed by atoms with Crippen molar-refractivity contribution in [1.29, 1.82) is 0 Å². The Labute approximate surface area is 142 Å². The molecule has 2 aromatic carbocycles. The van der Waals surface area contributed by atoms with Crippen LogP contribution in [0.25, 0.3) is 16.3 Å². The van der Waals surface area contributed by atoms with Crippen molar-refractivity contribution < 1.29 is 13.2 Å². The molecule has 3 aromatic rings. The zero-order valence-corrected chi connectivity index (χ0v) is 14.0. The standard InChI is InChI=1S/C16H13N3O3S2/c17-24(21,22)12-7-8-13-14(10-12)23-16(18-13)19-15(20)9-6-11-4-2-1-3-5-11/h1-10H,(H2,17,21,22)(H,18,19,20)/b9-6+. The Balaban J connectivity index is 1.78. The second-order valence-electron chi connectivity index (χ2n) is 4.93. The number of rotatable bonds is 4. The fourth-order valence-corrected chi connectivity index (χ4v) is 3.54. The Morgan fingerprint density at radius 2 is 1.92 bits per heavy atom. The number of nitrogens with one attached hydrogen (secondary N) is 1. The lowest BCUT2D eigenvalue weighted by atomic mass is 10.2. The largest absolute Gasteiger partial charge is 0.298 e. The summed E-state index contributed by atoms with van der Waals surface area (Å²) in [4.78, 5) is 16.2. The van der Waals surface area contributed by atoms with E-state index in [1.54, 1.807) is 12.1 Å². The molecule has 0 aliphatic carbocycles. The average Bonchev–Trinajstić information content (AvgIpc) is 2.94. The summed E-state index contributed by atoms with van der Waals surface area (Å²) in [6.45, 7) is 0. The second-order valence-corrected chi connectivity index (χ2v) is 7.52. The highest BCUT2D eigenvalue weighted by Crippen LogP contribution is 2.27. The minimum Gasteiger partial charge on any atom is -0.298 e. The van der Waals surface area contributed by atoms with Crippen molar-refractivity contribution in [2.45, 2.75) is 4.90 Å². The lowest BCUT2D eigenvalue weighted by Gasteiger charge is -1.95. The number of nitrogens with zero attached hydrogens (tertiary/aromatic N) is 1. The molecular weight excluding hydrogens is 346 g/mol. The van der Waals surface area contributed by atoms with Crippen molar-refractivity contribution in [3.05, 3.63) is 60.2 Å². The van der Waals surface area contributed by atoms with Crippen molar-refractivity contribution in [1.82, 2.24) is 4.98 Å². The number of sulfonamides is 1. The monoisotopic (exact) mass is 359 g/mol. The summed E-state index contributed by atoms with van der Waals surface area (Å²) in [5.41, 5.74) is 1.50. The number of aromatic nitrogens is 1. The van der Waals surface area contributed by atoms with Crippen LogP contribution in [-0.4, -0.2) is 19.3 Å². The van der Waals surface area contributed by atoms with Gasteiger partial charge in [-0.25, -0.2) is 18.5 Å². The van der Waals surface area contributed by atoms with Gasteiger partial charge in [-0.3, -0.25) is 10.1 Å². The predicted octanol–water partition coefficient (Wildman–Crippen LogP) is 2.60. The van der Waals surface area contributed by atoms with E-state index in [4.69, 9.17) is 5.14 Å². The molecule has 3 rings (SSSR count). The van der Waals surface area contributed by atoms with Gasteiger partial charge in [-0.1, -0.05) is 41.7 Å². The van der Waals surface area contributed by atoms with Crippen LogP contribution >= 0.6 is 11.3 Å². The van der Waals surface area contributed by atoms with E-state index in [2.05, 4.69) is 10.3 Å². The van der Waals surface area contributed by atoms with Crippen LogP contribution in [0.3, 0.4) is 0 Å². The highest BCUT2D eigenvalue weighted by atomic mass is 32.2. The summed E-state index contributed by atoms with van der Waals surface area (Å²) in [6.07, 6.45) is 3.11. The number of primary sulfonamides is 1. The molecule has 1 aromatic heterocycles. The maximum atomic E-state index is 11.9. The summed E-state index contributed by atoms with van der Waals surface area (Å²) in [5.74, 6) is -0.315. The molecule has 0 aliphatic rings. The van der Waals surface area contributed by atoms with Gasteiger partial charge in [-0.2, -0.15) is 0 Å². The number of anilines is 1. The number of nitrogens with two attached hydrogens (primary N) is 1. The van der Waals surface area contributed by atoms with Crippen molar-refractivity contribution in [3.8, 4) is 0 Å². The van der Waals surface area contributed by atoms with E-state index in [0.29, 0.717) is 15.3 Å². The molecule has 0 saturated carbocycles. The van der Waals surface area contributed by atoms with Crippen LogP contribution in [0, 0.1) is 0 Å². The number of thiazole rings is 1. The minimum atomic E-state index is -3.77. The van der Waals surface area contributed by atoms with Gasteiger partial charge in [0.1, 0.15) is 0 Å². The predicted molar refractivity (Wildman–Crippen MR) is 95.1 cm³/mol. The van der Waals surface area contributed by atoms with Crippen molar-refractivity contribution in [3.63, 3.8) is 0 Å². The smallest absolute Gasteiger partial charge is 0.250 e. The molecule has 24 heavy (non-hydrogen) atoms. The number of amides is 1. The van der Waals surface area contributed by atoms with Crippen molar-refractivity contribution >= 4 is 48.7 Å². The number of fused-ring (bicyclic) bond motifs is 1. The topological polar surface area (TPSA) is 102 Å². The highest BCUT2D eigenvalue weighted by molar-refractivity contribution is 7.89. The molecule has 0 aliphatic heterocycles. The fraction of sp³-hybridized carbons (Fsp3) is 0. The van der Waals surface area contributed by atoms with Crippen molar-refractivity contribution in [2.24, 2.45) is 5.14 Å². The first kappa shape index (κ1) is 16.3. The molecule has 122 valence electrons. The van der Waals surface area contributed by atoms with Gasteiger partial charge in [0.25, 0.3) is 0 Å². The molecule has 1 heterocycles. The quantitative estimate of drug-likeness (QED) is 0.699. The number of carbonyl (C=O) groups is 1. The molecule has 0 fully saturated rings. The van der Waals surface area contributed by atoms with Gasteiger partial charge in [0, 0.05) is 6.08 Å². The Morgan fingerprint density at radius 3 is 2.62 bits per heavy atom. The zero-order chi connectivity index (χ0) is 17.2. The van der Waals surface area contributed by atoms with Crippen LogP contribution in [0.1, 0.15) is 5.56 Å². The molecule has 6 nitrogen and oxygen atoms in total. The Morgan fingerprint density at radius 1 is 1.17 bits per heavy atom. The van der Waals surface area contributed by atoms with E-state index in [-0.39, 0.29) is 10.8 Å². The SMILES string of the molecule is NS(=O)(=O)c1ccc2nc(NC(=O)/C=C/c3ccccc3)sc2c1. The van der Waals surface area contributed by atoms with E-state index in [1.807, 2.05) is 30.3 Å². The lowest BCUT2D eigenvalue weighted by molar-refractivity contribution is -0.111. The summed E-state index contributed by atoms with van der Waals surface area (Å²) >= 11 is 1.18. The lowest BCUT2D eigenvalue weighted by Crippen LogP contribution is -2.11. The summed E-state index contributed by atoms with van der Waals surface area (Å²) in [7, 11) is -3.77. The number of hydrogen-bond acceptors (Lipinski definition) is 5. The third-order valence-electron chi connectivity index (χ3n) is 3.15. The number of carbonyl (C=O) groups excluding carboxylic acids is 1. The molecule has 1 amide bonds. The third kappa shape index (κ3) is 3.85. The van der Waals surface area contributed by atoms with Gasteiger partial charge in [-0.15, -0.1) is 0 Å². The van der Waals surface area contributed by atoms with E-state index >= 15 is 0 Å². The Kier molecular flexibility index (Phi) is 4.43. The Hall–Kier alpha value is -2.55. The molecule has 8 heteroatoms. The van der Waals surface area contributed by atoms with Crippen LogP contribution in [-0.2, 0) is 14.8 Å². The van der Waals surface area contributed by atoms with Crippen LogP contribution in [0.4, 0.5) is 5.13 Å². The van der Waals surface area contributed by atoms with Crippen LogP contribution in [0.5, 0.6) is 0 Å². The molecule has 0 unspecified atom stereocenters. The number of benzene rings is 2. The zero-order valence-electron chi connectivity index (χ0n) is 12.3. The van der Waals surface area contributed by atoms with Gasteiger partial charge in [0.2, 0.25) is 15.9 Å². The molecule has 0 radical (unpaired) electrons. The average molecular weight is 359 g/mol. The minimum absolute atomic E-state index is 0.0144. The van der Waals surface area contributed by atoms with Crippen LogP contribution < -0.4 is 10.5 Å². The van der Waals surface area contributed by atoms with E-state index < -0.39 is 10.0 Å². The van der Waals surface area contributed by atoms with Gasteiger partial charge >= 0.3 is 0 Å². The maximum Gasteiger partial charge on any atom is 0.250 e. The van der Waals surface area contributed by atoms with E-state index in [9.17, 15) is 13.2 Å². The maximum absolute atomic E-state index is 11.9. The first-order chi connectivity index (χ1) is 11.4. The first-order valence-electron chi connectivity index (χ1n) is 6.89. The number of hydrogen-bond donors (Lipinski definition) is 2. The van der Waals surface area contributed by atoms with Crippen molar-refractivity contribution in [2.75, 3.05) is 5.32 Å². The molecule has 0 saturated heterocycles. The first-order valence-corrected chi connectivity index (χ1v) is 9.25. The van der Waals surface area contributed by atoms with E-state index in [0.717, 1.165) is 5.56 Å². The molecular formula is C16H13N3O3S2. The van der Waals surface area contributed by atoms with Gasteiger partial charge in [0.05, 0.1) is 15.1 Å². The summed E-state index contributed by atoms with van der Waals surface area (Å²) in [6, 6.07) is 13.8. The van der Waals surface area contributed by atoms with Gasteiger partial charge < -0.3 is 0 Å². The van der Waals surface area contributed by atoms with E-state index in [1.165, 1.54) is 29.5 Å². The van der Waals surface area contributed by atoms with Gasteiger partial charge in [0.15, 0.2) is 5.13 Å². The fourth-order valence-electron chi connectivity index (χ4n) is 2.02. The molecule has 0 bridgehead atoms. The normalized spacial score (nSPS) is 11.9. The van der Waals surface area contributed by atoms with Crippen LogP contribution in [0.2, 0.25) is 0 Å². The third-order valence-corrected chi connectivity index (χ3v) is 4.99. The molecule has 3 N–H and O–H groups in total. The molecule has 0 spiro atoms. The second kappa shape index (κ2) is 6.52. The van der Waals surface area contributed by atoms with Crippen LogP contribution in [0.15, 0.2) is 59.5 Å². The van der Waals surface area contributed by atoms with Gasteiger partial charge in [-0.05, 0) is 29.8 Å². The summed E-state index contributed by atoms with van der Waals surface area (Å²) in [5, 5.41) is 8.16. The highest BCUT2D eigenvalue weighted by Gasteiger charge is 2.11. The Bertz CT molecular complexity index is 1030.